The van der Waals surface area contributed by atoms with E-state index in [9.17, 15) is 13.2 Å². The topological polar surface area (TPSA) is 20.2 Å². The Balaban J connectivity index is 2.14. The van der Waals surface area contributed by atoms with E-state index >= 15 is 0 Å². The van der Waals surface area contributed by atoms with Crippen molar-refractivity contribution < 1.29 is 18.3 Å². The van der Waals surface area contributed by atoms with Gasteiger partial charge in [0, 0.05) is 4.90 Å². The van der Waals surface area contributed by atoms with Crippen LogP contribution in [0.15, 0.2) is 29.2 Å². The highest BCUT2D eigenvalue weighted by atomic mass is 32.2. The van der Waals surface area contributed by atoms with Gasteiger partial charge in [-0.25, -0.2) is 0 Å². The molecule has 0 aromatic heterocycles. The van der Waals surface area contributed by atoms with Crippen LogP contribution in [0.2, 0.25) is 0 Å². The lowest BCUT2D eigenvalue weighted by atomic mass is 9.90. The number of hydrogen-bond acceptors (Lipinski definition) is 2. The molecule has 0 bridgehead atoms. The molecule has 0 spiro atoms. The molecule has 1 aliphatic rings. The number of rotatable bonds is 2. The van der Waals surface area contributed by atoms with Crippen molar-refractivity contribution in [2.75, 3.05) is 5.75 Å². The first kappa shape index (κ1) is 12.8. The number of benzene rings is 1. The maximum absolute atomic E-state index is 12.3. The molecule has 94 valence electrons. The van der Waals surface area contributed by atoms with E-state index in [-0.39, 0.29) is 12.3 Å². The first-order valence-corrected chi connectivity index (χ1v) is 6.43. The summed E-state index contributed by atoms with van der Waals surface area (Å²) in [6.45, 7) is 0. The third kappa shape index (κ3) is 2.96. The third-order valence-electron chi connectivity index (χ3n) is 2.97. The van der Waals surface area contributed by atoms with Crippen molar-refractivity contribution in [2.45, 2.75) is 35.9 Å². The second kappa shape index (κ2) is 4.90. The van der Waals surface area contributed by atoms with Crippen molar-refractivity contribution in [3.63, 3.8) is 0 Å². The number of aliphatic hydroxyl groups is 1. The smallest absolute Gasteiger partial charge is 0.384 e. The normalized spacial score (nSPS) is 22.0. The fourth-order valence-corrected chi connectivity index (χ4v) is 3.26. The molecule has 1 aliphatic heterocycles. The Morgan fingerprint density at radius 1 is 1.35 bits per heavy atom. The van der Waals surface area contributed by atoms with Crippen molar-refractivity contribution in [2.24, 2.45) is 0 Å². The van der Waals surface area contributed by atoms with Crippen LogP contribution in [0.25, 0.3) is 0 Å². The van der Waals surface area contributed by atoms with Crippen molar-refractivity contribution in [1.29, 1.82) is 0 Å². The van der Waals surface area contributed by atoms with Gasteiger partial charge in [-0.2, -0.15) is 13.2 Å². The van der Waals surface area contributed by atoms with Crippen LogP contribution in [0.3, 0.4) is 0 Å². The molecule has 0 saturated heterocycles. The number of hydrogen-bond donors (Lipinski definition) is 1. The fourth-order valence-electron chi connectivity index (χ4n) is 2.06. The second-order valence-corrected chi connectivity index (χ2v) is 5.30. The molecule has 0 radical (unpaired) electrons. The summed E-state index contributed by atoms with van der Waals surface area (Å²) in [4.78, 5) is 1.04. The van der Waals surface area contributed by atoms with Crippen LogP contribution in [-0.4, -0.2) is 23.1 Å². The van der Waals surface area contributed by atoms with Gasteiger partial charge < -0.3 is 5.11 Å². The van der Waals surface area contributed by atoms with Gasteiger partial charge in [-0.3, -0.25) is 0 Å². The summed E-state index contributed by atoms with van der Waals surface area (Å²) in [5.41, 5.74) is 0.937. The summed E-state index contributed by atoms with van der Waals surface area (Å²) in [6.07, 6.45) is -6.28. The molecule has 5 heteroatoms. The summed E-state index contributed by atoms with van der Waals surface area (Å²) >= 11 is 1.66. The van der Waals surface area contributed by atoms with Gasteiger partial charge in [0.15, 0.2) is 0 Å². The van der Waals surface area contributed by atoms with E-state index in [1.54, 1.807) is 11.8 Å². The van der Waals surface area contributed by atoms with Crippen LogP contribution >= 0.6 is 11.8 Å². The molecule has 17 heavy (non-hydrogen) atoms. The van der Waals surface area contributed by atoms with Crippen LogP contribution in [-0.2, 0) is 0 Å². The monoisotopic (exact) mass is 262 g/mol. The zero-order valence-electron chi connectivity index (χ0n) is 9.07. The minimum Gasteiger partial charge on any atom is -0.384 e. The largest absolute Gasteiger partial charge is 0.414 e. The Kier molecular flexibility index (Phi) is 3.68. The second-order valence-electron chi connectivity index (χ2n) is 4.16. The van der Waals surface area contributed by atoms with Gasteiger partial charge in [0.1, 0.15) is 6.10 Å². The number of fused-ring (bicyclic) bond motifs is 1. The van der Waals surface area contributed by atoms with Gasteiger partial charge in [0.25, 0.3) is 0 Å². The Hall–Kier alpha value is -0.680. The van der Waals surface area contributed by atoms with Gasteiger partial charge >= 0.3 is 6.18 Å². The van der Waals surface area contributed by atoms with Gasteiger partial charge in [0.05, 0.1) is 0 Å². The Labute approximate surface area is 102 Å². The molecule has 1 heterocycles. The Morgan fingerprint density at radius 3 is 2.76 bits per heavy atom. The number of halogens is 3. The lowest BCUT2D eigenvalue weighted by Gasteiger charge is -2.27. The molecule has 0 fully saturated rings. The summed E-state index contributed by atoms with van der Waals surface area (Å²) < 4.78 is 37.0. The van der Waals surface area contributed by atoms with E-state index < -0.39 is 12.3 Å². The summed E-state index contributed by atoms with van der Waals surface area (Å²) in [5, 5.41) is 9.13. The zero-order valence-corrected chi connectivity index (χ0v) is 9.89. The maximum atomic E-state index is 12.3. The standard InChI is InChI=1S/C12H13F3OS/c13-12(14,15)11(16)7-8-5-6-17-10-4-2-1-3-9(8)10/h1-4,8,11,16H,5-7H2. The molecule has 1 nitrogen and oxygen atoms in total. The predicted molar refractivity (Wildman–Crippen MR) is 61.2 cm³/mol. The van der Waals surface area contributed by atoms with E-state index in [0.717, 1.165) is 16.2 Å². The van der Waals surface area contributed by atoms with E-state index in [1.807, 2.05) is 24.3 Å². The SMILES string of the molecule is OC(CC1CCSc2ccccc21)C(F)(F)F. The van der Waals surface area contributed by atoms with Crippen LogP contribution in [0.4, 0.5) is 13.2 Å². The van der Waals surface area contributed by atoms with Crippen LogP contribution < -0.4 is 0 Å². The van der Waals surface area contributed by atoms with Crippen LogP contribution in [0.5, 0.6) is 0 Å². The minimum absolute atomic E-state index is 0.191. The molecular weight excluding hydrogens is 249 g/mol. The van der Waals surface area contributed by atoms with Crippen LogP contribution in [0.1, 0.15) is 24.3 Å². The lowest BCUT2D eigenvalue weighted by molar-refractivity contribution is -0.206. The van der Waals surface area contributed by atoms with Gasteiger partial charge in [0.2, 0.25) is 0 Å². The first-order valence-electron chi connectivity index (χ1n) is 5.45. The van der Waals surface area contributed by atoms with Crippen LogP contribution in [0, 0.1) is 0 Å². The molecule has 1 aromatic carbocycles. The molecule has 2 unspecified atom stereocenters. The van der Waals surface area contributed by atoms with E-state index in [0.29, 0.717) is 6.42 Å². The molecule has 0 amide bonds. The minimum atomic E-state index is -4.51. The predicted octanol–water partition coefficient (Wildman–Crippen LogP) is 3.58. The molecule has 0 saturated carbocycles. The molecular formula is C12H13F3OS. The van der Waals surface area contributed by atoms with Crippen molar-refractivity contribution >= 4 is 11.8 Å². The quantitative estimate of drug-likeness (QED) is 0.879. The highest BCUT2D eigenvalue weighted by molar-refractivity contribution is 7.99. The number of thioether (sulfide) groups is 1. The summed E-state index contributed by atoms with van der Waals surface area (Å²) in [6, 6.07) is 7.49. The van der Waals surface area contributed by atoms with E-state index in [1.165, 1.54) is 0 Å². The van der Waals surface area contributed by atoms with Gasteiger partial charge in [-0.15, -0.1) is 11.8 Å². The average Bonchev–Trinajstić information content (AvgIpc) is 2.28. The average molecular weight is 262 g/mol. The third-order valence-corrected chi connectivity index (χ3v) is 4.09. The Morgan fingerprint density at radius 2 is 2.06 bits per heavy atom. The number of alkyl halides is 3. The fraction of sp³-hybridized carbons (Fsp3) is 0.500. The zero-order chi connectivity index (χ0) is 12.5. The summed E-state index contributed by atoms with van der Waals surface area (Å²) in [5.74, 6) is 0.621. The van der Waals surface area contributed by atoms with Crippen molar-refractivity contribution in [3.8, 4) is 0 Å². The maximum Gasteiger partial charge on any atom is 0.414 e. The number of aliphatic hydroxyl groups excluding tert-OH is 1. The molecule has 1 aromatic rings. The lowest BCUT2D eigenvalue weighted by Crippen LogP contribution is -2.30. The molecule has 1 N–H and O–H groups in total. The van der Waals surface area contributed by atoms with Crippen molar-refractivity contribution in [3.05, 3.63) is 29.8 Å². The molecule has 0 aliphatic carbocycles. The molecule has 2 rings (SSSR count). The molecule has 2 atom stereocenters. The Bertz CT molecular complexity index is 392. The van der Waals surface area contributed by atoms with Gasteiger partial charge in [-0.1, -0.05) is 18.2 Å². The van der Waals surface area contributed by atoms with E-state index in [2.05, 4.69) is 0 Å². The first-order chi connectivity index (χ1) is 7.98. The highest BCUT2D eigenvalue weighted by Gasteiger charge is 2.40. The van der Waals surface area contributed by atoms with Crippen molar-refractivity contribution in [1.82, 2.24) is 0 Å². The highest BCUT2D eigenvalue weighted by Crippen LogP contribution is 2.41. The van der Waals surface area contributed by atoms with Gasteiger partial charge in [-0.05, 0) is 36.1 Å². The van der Waals surface area contributed by atoms with E-state index in [4.69, 9.17) is 5.11 Å². The summed E-state index contributed by atoms with van der Waals surface area (Å²) in [7, 11) is 0.